The average Bonchev–Trinajstić information content (AvgIpc) is 3.24. The minimum atomic E-state index is -0.788. The fourth-order valence-corrected chi connectivity index (χ4v) is 5.10. The molecule has 1 heterocycles. The molecule has 0 fully saturated rings. The number of aromatic nitrogens is 1. The van der Waals surface area contributed by atoms with Gasteiger partial charge in [0.15, 0.2) is 0 Å². The van der Waals surface area contributed by atoms with Gasteiger partial charge in [0.2, 0.25) is 17.7 Å². The summed E-state index contributed by atoms with van der Waals surface area (Å²) in [5, 5.41) is 16.0. The third-order valence-electron chi connectivity index (χ3n) is 5.71. The van der Waals surface area contributed by atoms with Gasteiger partial charge in [-0.15, -0.1) is 11.3 Å². The van der Waals surface area contributed by atoms with E-state index in [-0.39, 0.29) is 36.4 Å². The topological polar surface area (TPSA) is 134 Å². The smallest absolute Gasteiger partial charge is 0.243 e. The number of carbonyl (C=O) groups excluding carboxylic acids is 3. The lowest BCUT2D eigenvalue weighted by molar-refractivity contribution is -0.128. The van der Waals surface area contributed by atoms with Gasteiger partial charge in [0.1, 0.15) is 16.8 Å². The highest BCUT2D eigenvalue weighted by Gasteiger charge is 2.25. The maximum absolute atomic E-state index is 13.2. The second-order valence-corrected chi connectivity index (χ2v) is 9.76. The Morgan fingerprint density at radius 2 is 1.69 bits per heavy atom. The molecule has 0 aliphatic rings. The Morgan fingerprint density at radius 3 is 2.31 bits per heavy atom. The number of carbonyl (C=O) groups is 3. The number of hydrogen-bond donors (Lipinski definition) is 4. The summed E-state index contributed by atoms with van der Waals surface area (Å²) >= 11 is 1.48. The minimum absolute atomic E-state index is 0.0420. The molecule has 0 aliphatic carbocycles. The summed E-state index contributed by atoms with van der Waals surface area (Å²) in [5.41, 5.74) is 8.10. The van der Waals surface area contributed by atoms with Crippen LogP contribution in [0.1, 0.15) is 53.0 Å². The molecule has 5 N–H and O–H groups in total. The lowest BCUT2D eigenvalue weighted by Gasteiger charge is -2.21. The van der Waals surface area contributed by atoms with Crippen molar-refractivity contribution in [3.05, 3.63) is 81.3 Å². The first-order valence-electron chi connectivity index (χ1n) is 11.9. The predicted molar refractivity (Wildman–Crippen MR) is 139 cm³/mol. The lowest BCUT2D eigenvalue weighted by Crippen LogP contribution is -2.48. The molecule has 0 saturated carbocycles. The number of nitrogens with zero attached hydrogens (tertiary/aromatic N) is 1. The molecule has 9 heteroatoms. The highest BCUT2D eigenvalue weighted by atomic mass is 32.1. The van der Waals surface area contributed by atoms with Crippen molar-refractivity contribution < 1.29 is 19.5 Å². The van der Waals surface area contributed by atoms with E-state index in [0.717, 1.165) is 16.9 Å². The summed E-state index contributed by atoms with van der Waals surface area (Å²) in [5.74, 6) is -0.973. The van der Waals surface area contributed by atoms with Crippen LogP contribution in [0.25, 0.3) is 0 Å². The van der Waals surface area contributed by atoms with Gasteiger partial charge < -0.3 is 21.5 Å². The fraction of sp³-hybridized carbons (Fsp3) is 0.333. The summed E-state index contributed by atoms with van der Waals surface area (Å²) in [6.07, 6.45) is 2.41. The van der Waals surface area contributed by atoms with Crippen LogP contribution in [0.3, 0.4) is 0 Å². The van der Waals surface area contributed by atoms with Crippen LogP contribution in [-0.4, -0.2) is 33.9 Å². The zero-order valence-corrected chi connectivity index (χ0v) is 21.3. The molecule has 0 aliphatic heterocycles. The van der Waals surface area contributed by atoms with Crippen molar-refractivity contribution in [2.24, 2.45) is 5.73 Å². The average molecular weight is 509 g/mol. The van der Waals surface area contributed by atoms with Crippen molar-refractivity contribution in [1.82, 2.24) is 15.6 Å². The predicted octanol–water partition coefficient (Wildman–Crippen LogP) is 2.98. The van der Waals surface area contributed by atoms with Crippen molar-refractivity contribution in [3.63, 3.8) is 0 Å². The Labute approximate surface area is 215 Å². The van der Waals surface area contributed by atoms with Crippen LogP contribution in [0, 0.1) is 0 Å². The molecule has 1 aromatic heterocycles. The maximum Gasteiger partial charge on any atom is 0.243 e. The van der Waals surface area contributed by atoms with E-state index >= 15 is 0 Å². The zero-order chi connectivity index (χ0) is 26.1. The molecule has 0 saturated heterocycles. The van der Waals surface area contributed by atoms with Crippen LogP contribution in [0.15, 0.2) is 54.6 Å². The highest BCUT2D eigenvalue weighted by molar-refractivity contribution is 7.11. The van der Waals surface area contributed by atoms with E-state index in [1.165, 1.54) is 23.8 Å². The Bertz CT molecular complexity index is 1180. The van der Waals surface area contributed by atoms with Crippen LogP contribution in [0.5, 0.6) is 5.75 Å². The largest absolute Gasteiger partial charge is 0.508 e. The number of aryl methyl sites for hydroxylation is 2. The van der Waals surface area contributed by atoms with Gasteiger partial charge in [0, 0.05) is 18.2 Å². The van der Waals surface area contributed by atoms with Crippen LogP contribution in [-0.2, 0) is 40.1 Å². The zero-order valence-electron chi connectivity index (χ0n) is 20.5. The summed E-state index contributed by atoms with van der Waals surface area (Å²) in [7, 11) is 0. The van der Waals surface area contributed by atoms with Crippen molar-refractivity contribution >= 4 is 29.1 Å². The highest BCUT2D eigenvalue weighted by Crippen LogP contribution is 2.28. The van der Waals surface area contributed by atoms with E-state index in [9.17, 15) is 19.5 Å². The van der Waals surface area contributed by atoms with Crippen LogP contribution in [0.4, 0.5) is 0 Å². The molecule has 3 amide bonds. The molecule has 3 rings (SSSR count). The lowest BCUT2D eigenvalue weighted by atomic mass is 10.0. The number of primary amides is 1. The number of aromatic hydroxyl groups is 1. The number of nitrogens with two attached hydrogens (primary N) is 1. The Kier molecular flexibility index (Phi) is 9.58. The van der Waals surface area contributed by atoms with Gasteiger partial charge in [0.25, 0.3) is 0 Å². The molecule has 0 radical (unpaired) electrons. The quantitative estimate of drug-likeness (QED) is 0.298. The molecule has 0 spiro atoms. The third-order valence-corrected chi connectivity index (χ3v) is 6.98. The number of nitrogens with one attached hydrogen (secondary N) is 2. The third kappa shape index (κ3) is 7.91. The van der Waals surface area contributed by atoms with Gasteiger partial charge >= 0.3 is 0 Å². The van der Waals surface area contributed by atoms with Crippen molar-refractivity contribution in [3.8, 4) is 5.75 Å². The second-order valence-electron chi connectivity index (χ2n) is 8.64. The summed E-state index contributed by atoms with van der Waals surface area (Å²) in [4.78, 5) is 42.3. The molecule has 2 unspecified atom stereocenters. The number of phenolic OH excluding ortho intramolecular Hbond substituents is 1. The van der Waals surface area contributed by atoms with E-state index in [1.54, 1.807) is 24.3 Å². The molecule has 0 bridgehead atoms. The molecule has 8 nitrogen and oxygen atoms in total. The molecule has 2 atom stereocenters. The number of rotatable bonds is 12. The van der Waals surface area contributed by atoms with Gasteiger partial charge in [-0.1, -0.05) is 49.4 Å². The summed E-state index contributed by atoms with van der Waals surface area (Å²) < 4.78 is 0. The van der Waals surface area contributed by atoms with Gasteiger partial charge in [0.05, 0.1) is 18.2 Å². The standard InChI is InChI=1S/C27H32N4O4S/c1-3-21(30-26(35)23(29-17(2)32)15-19-9-12-20(33)13-10-19)27-31-22(16-25(28)34)24(36-27)14-11-18-7-5-4-6-8-18/h4-10,12-13,21,23,33H,3,11,14-16H2,1-2H3,(H2,28,34)(H,29,32)(H,30,35). The number of hydrogen-bond acceptors (Lipinski definition) is 6. The second kappa shape index (κ2) is 12.8. The molecular formula is C27H32N4O4S. The normalized spacial score (nSPS) is 12.5. The van der Waals surface area contributed by atoms with E-state index in [0.29, 0.717) is 23.5 Å². The SMILES string of the molecule is CCC(NC(=O)C(Cc1ccc(O)cc1)NC(C)=O)c1nc(CC(N)=O)c(CCc2ccccc2)s1. The van der Waals surface area contributed by atoms with Crippen molar-refractivity contribution in [2.45, 2.75) is 58.0 Å². The van der Waals surface area contributed by atoms with Crippen molar-refractivity contribution in [2.75, 3.05) is 0 Å². The minimum Gasteiger partial charge on any atom is -0.508 e. The number of thiazole rings is 1. The maximum atomic E-state index is 13.2. The van der Waals surface area contributed by atoms with Crippen molar-refractivity contribution in [1.29, 1.82) is 0 Å². The Hall–Kier alpha value is -3.72. The van der Waals surface area contributed by atoms with Crippen LogP contribution < -0.4 is 16.4 Å². The first-order valence-corrected chi connectivity index (χ1v) is 12.7. The summed E-state index contributed by atoms with van der Waals surface area (Å²) in [6.45, 7) is 3.31. The molecule has 36 heavy (non-hydrogen) atoms. The number of amides is 3. The van der Waals surface area contributed by atoms with E-state index in [4.69, 9.17) is 5.73 Å². The van der Waals surface area contributed by atoms with E-state index in [1.807, 2.05) is 25.1 Å². The van der Waals surface area contributed by atoms with E-state index < -0.39 is 11.9 Å². The molecular weight excluding hydrogens is 476 g/mol. The van der Waals surface area contributed by atoms with Gasteiger partial charge in [-0.05, 0) is 42.5 Å². The molecule has 2 aromatic carbocycles. The monoisotopic (exact) mass is 508 g/mol. The Balaban J connectivity index is 1.77. The van der Waals surface area contributed by atoms with Crippen LogP contribution >= 0.6 is 11.3 Å². The van der Waals surface area contributed by atoms with E-state index in [2.05, 4.69) is 27.8 Å². The van der Waals surface area contributed by atoms with Crippen LogP contribution in [0.2, 0.25) is 0 Å². The fourth-order valence-electron chi connectivity index (χ4n) is 3.89. The number of phenols is 1. The Morgan fingerprint density at radius 1 is 1.00 bits per heavy atom. The van der Waals surface area contributed by atoms with Gasteiger partial charge in [-0.2, -0.15) is 0 Å². The van der Waals surface area contributed by atoms with Gasteiger partial charge in [-0.3, -0.25) is 14.4 Å². The first-order chi connectivity index (χ1) is 17.2. The first kappa shape index (κ1) is 26.9. The summed E-state index contributed by atoms with van der Waals surface area (Å²) in [6, 6.07) is 15.4. The molecule has 3 aromatic rings. The molecule has 190 valence electrons. The number of benzene rings is 2. The van der Waals surface area contributed by atoms with Gasteiger partial charge in [-0.25, -0.2) is 4.98 Å².